The highest BCUT2D eigenvalue weighted by atomic mass is 16.5. The van der Waals surface area contributed by atoms with Crippen LogP contribution in [0.5, 0.6) is 0 Å². The van der Waals surface area contributed by atoms with Crippen molar-refractivity contribution in [1.29, 1.82) is 0 Å². The summed E-state index contributed by atoms with van der Waals surface area (Å²) in [5.74, 6) is 0.694. The van der Waals surface area contributed by atoms with Gasteiger partial charge in [-0.15, -0.1) is 0 Å². The van der Waals surface area contributed by atoms with E-state index in [1.54, 1.807) is 4.90 Å². The zero-order chi connectivity index (χ0) is 10.6. The predicted molar refractivity (Wildman–Crippen MR) is 55.3 cm³/mol. The van der Waals surface area contributed by atoms with Crippen LogP contribution in [0.3, 0.4) is 0 Å². The minimum atomic E-state index is -0.200. The van der Waals surface area contributed by atoms with Gasteiger partial charge in [0.2, 0.25) is 0 Å². The molecule has 0 atom stereocenters. The van der Waals surface area contributed by atoms with Gasteiger partial charge in [-0.3, -0.25) is 4.90 Å². The Morgan fingerprint density at radius 1 is 1.29 bits per heavy atom. The lowest BCUT2D eigenvalue weighted by atomic mass is 10.2. The van der Waals surface area contributed by atoms with Crippen LogP contribution in [0.4, 0.5) is 4.79 Å². The van der Waals surface area contributed by atoms with Gasteiger partial charge in [0, 0.05) is 32.7 Å². The summed E-state index contributed by atoms with van der Waals surface area (Å²) < 4.78 is 4.67. The summed E-state index contributed by atoms with van der Waals surface area (Å²) in [4.78, 5) is 15.3. The molecule has 14 heavy (non-hydrogen) atoms. The van der Waals surface area contributed by atoms with Gasteiger partial charge in [0.05, 0.1) is 7.11 Å². The van der Waals surface area contributed by atoms with Crippen molar-refractivity contribution < 1.29 is 9.53 Å². The maximum absolute atomic E-state index is 11.2. The Balaban J connectivity index is 2.27. The quantitative estimate of drug-likeness (QED) is 0.667. The molecule has 0 bridgehead atoms. The van der Waals surface area contributed by atoms with E-state index >= 15 is 0 Å². The highest BCUT2D eigenvalue weighted by Crippen LogP contribution is 2.05. The van der Waals surface area contributed by atoms with Gasteiger partial charge in [-0.2, -0.15) is 0 Å². The second-order valence-corrected chi connectivity index (χ2v) is 4.15. The molecule has 1 aliphatic rings. The molecule has 0 aromatic heterocycles. The maximum atomic E-state index is 11.2. The number of carbonyl (C=O) groups is 1. The van der Waals surface area contributed by atoms with Crippen LogP contribution in [-0.4, -0.2) is 55.7 Å². The van der Waals surface area contributed by atoms with E-state index in [9.17, 15) is 4.79 Å². The zero-order valence-electron chi connectivity index (χ0n) is 9.32. The molecule has 1 saturated heterocycles. The van der Waals surface area contributed by atoms with E-state index in [-0.39, 0.29) is 6.09 Å². The number of hydrogen-bond donors (Lipinski definition) is 0. The van der Waals surface area contributed by atoms with E-state index in [4.69, 9.17) is 0 Å². The van der Waals surface area contributed by atoms with Crippen molar-refractivity contribution in [3.05, 3.63) is 0 Å². The Morgan fingerprint density at radius 3 is 2.29 bits per heavy atom. The Kier molecular flexibility index (Phi) is 4.20. The van der Waals surface area contributed by atoms with Crippen molar-refractivity contribution in [1.82, 2.24) is 9.80 Å². The third kappa shape index (κ3) is 3.18. The molecule has 4 heteroatoms. The molecule has 1 fully saturated rings. The fourth-order valence-electron chi connectivity index (χ4n) is 1.76. The van der Waals surface area contributed by atoms with E-state index < -0.39 is 0 Å². The third-order valence-electron chi connectivity index (χ3n) is 2.43. The van der Waals surface area contributed by atoms with Crippen LogP contribution in [0.2, 0.25) is 0 Å². The van der Waals surface area contributed by atoms with E-state index in [1.165, 1.54) is 7.11 Å². The fourth-order valence-corrected chi connectivity index (χ4v) is 1.76. The van der Waals surface area contributed by atoms with Crippen molar-refractivity contribution >= 4 is 6.09 Å². The van der Waals surface area contributed by atoms with Gasteiger partial charge in [0.25, 0.3) is 0 Å². The lowest BCUT2D eigenvalue weighted by Crippen LogP contribution is -2.49. The summed E-state index contributed by atoms with van der Waals surface area (Å²) >= 11 is 0. The Morgan fingerprint density at radius 2 is 1.86 bits per heavy atom. The summed E-state index contributed by atoms with van der Waals surface area (Å²) in [5.41, 5.74) is 0. The molecule has 0 aromatic carbocycles. The molecule has 1 amide bonds. The van der Waals surface area contributed by atoms with Gasteiger partial charge in [-0.05, 0) is 5.92 Å². The first-order valence-electron chi connectivity index (χ1n) is 5.18. The zero-order valence-corrected chi connectivity index (χ0v) is 9.32. The second-order valence-electron chi connectivity index (χ2n) is 4.15. The van der Waals surface area contributed by atoms with Crippen molar-refractivity contribution in [2.75, 3.05) is 39.8 Å². The second kappa shape index (κ2) is 5.20. The van der Waals surface area contributed by atoms with E-state index in [0.717, 1.165) is 32.7 Å². The number of rotatable bonds is 2. The smallest absolute Gasteiger partial charge is 0.409 e. The summed E-state index contributed by atoms with van der Waals surface area (Å²) in [7, 11) is 1.43. The summed E-state index contributed by atoms with van der Waals surface area (Å²) in [6.07, 6.45) is -0.200. The van der Waals surface area contributed by atoms with E-state index in [0.29, 0.717) is 5.92 Å². The number of hydrogen-bond acceptors (Lipinski definition) is 3. The Hall–Kier alpha value is -0.770. The first kappa shape index (κ1) is 11.3. The molecule has 0 unspecified atom stereocenters. The minimum absolute atomic E-state index is 0.200. The van der Waals surface area contributed by atoms with Crippen molar-refractivity contribution in [3.63, 3.8) is 0 Å². The van der Waals surface area contributed by atoms with Crippen molar-refractivity contribution in [2.45, 2.75) is 13.8 Å². The lowest BCUT2D eigenvalue weighted by Gasteiger charge is -2.34. The van der Waals surface area contributed by atoms with Crippen LogP contribution in [-0.2, 0) is 4.74 Å². The largest absolute Gasteiger partial charge is 0.453 e. The molecule has 0 radical (unpaired) electrons. The monoisotopic (exact) mass is 200 g/mol. The summed E-state index contributed by atoms with van der Waals surface area (Å²) in [5, 5.41) is 0. The average molecular weight is 200 g/mol. The molecular weight excluding hydrogens is 180 g/mol. The van der Waals surface area contributed by atoms with Crippen LogP contribution in [0, 0.1) is 5.92 Å². The number of carbonyl (C=O) groups excluding carboxylic acids is 1. The highest BCUT2D eigenvalue weighted by molar-refractivity contribution is 5.67. The normalized spacial score (nSPS) is 18.7. The lowest BCUT2D eigenvalue weighted by molar-refractivity contribution is 0.0874. The Bertz CT molecular complexity index is 187. The number of nitrogens with zero attached hydrogens (tertiary/aromatic N) is 2. The van der Waals surface area contributed by atoms with E-state index in [1.807, 2.05) is 0 Å². The van der Waals surface area contributed by atoms with Gasteiger partial charge in [0.15, 0.2) is 0 Å². The van der Waals surface area contributed by atoms with Gasteiger partial charge >= 0.3 is 6.09 Å². The van der Waals surface area contributed by atoms with Crippen LogP contribution in [0.25, 0.3) is 0 Å². The fraction of sp³-hybridized carbons (Fsp3) is 0.900. The molecule has 1 rings (SSSR count). The number of ether oxygens (including phenoxy) is 1. The van der Waals surface area contributed by atoms with Crippen LogP contribution >= 0.6 is 0 Å². The number of piperazine rings is 1. The molecule has 0 spiro atoms. The highest BCUT2D eigenvalue weighted by Gasteiger charge is 2.21. The SMILES string of the molecule is COC(=O)N1CCN(CC(C)C)CC1. The molecular formula is C10H20N2O2. The van der Waals surface area contributed by atoms with Crippen LogP contribution < -0.4 is 0 Å². The summed E-state index contributed by atoms with van der Waals surface area (Å²) in [6, 6.07) is 0. The Labute approximate surface area is 85.8 Å². The molecule has 1 aliphatic heterocycles. The van der Waals surface area contributed by atoms with Gasteiger partial charge < -0.3 is 9.64 Å². The van der Waals surface area contributed by atoms with Gasteiger partial charge in [-0.25, -0.2) is 4.79 Å². The first-order chi connectivity index (χ1) is 6.63. The molecule has 1 heterocycles. The van der Waals surface area contributed by atoms with Gasteiger partial charge in [0.1, 0.15) is 0 Å². The molecule has 82 valence electrons. The molecule has 0 aromatic rings. The average Bonchev–Trinajstić information content (AvgIpc) is 2.17. The number of amides is 1. The van der Waals surface area contributed by atoms with Crippen molar-refractivity contribution in [2.24, 2.45) is 5.92 Å². The molecule has 0 N–H and O–H groups in total. The summed E-state index contributed by atoms with van der Waals surface area (Å²) in [6.45, 7) is 9.06. The first-order valence-corrected chi connectivity index (χ1v) is 5.18. The van der Waals surface area contributed by atoms with Crippen molar-refractivity contribution in [3.8, 4) is 0 Å². The topological polar surface area (TPSA) is 32.8 Å². The minimum Gasteiger partial charge on any atom is -0.453 e. The molecule has 0 saturated carbocycles. The van der Waals surface area contributed by atoms with Crippen LogP contribution in [0.1, 0.15) is 13.8 Å². The number of methoxy groups -OCH3 is 1. The van der Waals surface area contributed by atoms with Gasteiger partial charge in [-0.1, -0.05) is 13.8 Å². The standard InChI is InChI=1S/C10H20N2O2/c1-9(2)8-11-4-6-12(7-5-11)10(13)14-3/h9H,4-8H2,1-3H3. The molecule has 0 aliphatic carbocycles. The maximum Gasteiger partial charge on any atom is 0.409 e. The third-order valence-corrected chi connectivity index (χ3v) is 2.43. The van der Waals surface area contributed by atoms with E-state index in [2.05, 4.69) is 23.5 Å². The van der Waals surface area contributed by atoms with Crippen LogP contribution in [0.15, 0.2) is 0 Å². The predicted octanol–water partition coefficient (Wildman–Crippen LogP) is 1.03. The molecule has 4 nitrogen and oxygen atoms in total.